The van der Waals surface area contributed by atoms with Crippen LogP contribution >= 0.6 is 0 Å². The normalized spacial score (nSPS) is 19.8. The number of carbonyl (C=O) groups is 1. The van der Waals surface area contributed by atoms with Crippen molar-refractivity contribution in [2.24, 2.45) is 11.1 Å². The van der Waals surface area contributed by atoms with Gasteiger partial charge in [0.25, 0.3) is 0 Å². The fourth-order valence-electron chi connectivity index (χ4n) is 2.10. The summed E-state index contributed by atoms with van der Waals surface area (Å²) in [5.74, 6) is 0.0970. The Labute approximate surface area is 117 Å². The van der Waals surface area contributed by atoms with Crippen molar-refractivity contribution in [1.29, 1.82) is 0 Å². The van der Waals surface area contributed by atoms with Gasteiger partial charge in [0.05, 0.1) is 6.04 Å². The number of amides is 1. The van der Waals surface area contributed by atoms with Crippen LogP contribution in [0.1, 0.15) is 20.8 Å². The minimum absolute atomic E-state index is 0.0970. The van der Waals surface area contributed by atoms with Gasteiger partial charge in [-0.1, -0.05) is 20.8 Å². The summed E-state index contributed by atoms with van der Waals surface area (Å²) in [4.78, 5) is 18.8. The first kappa shape index (κ1) is 16.4. The predicted octanol–water partition coefficient (Wildman–Crippen LogP) is 0.0656. The molecule has 1 rings (SSSR count). The van der Waals surface area contributed by atoms with Gasteiger partial charge in [0.2, 0.25) is 5.91 Å². The lowest BCUT2D eigenvalue weighted by atomic mass is 9.86. The van der Waals surface area contributed by atoms with E-state index in [2.05, 4.69) is 23.9 Å². The highest BCUT2D eigenvalue weighted by Gasteiger charge is 2.32. The Hall–Kier alpha value is -0.650. The second kappa shape index (κ2) is 6.68. The van der Waals surface area contributed by atoms with Crippen molar-refractivity contribution < 1.29 is 4.79 Å². The summed E-state index contributed by atoms with van der Waals surface area (Å²) in [7, 11) is 4.17. The molecule has 0 radical (unpaired) electrons. The van der Waals surface area contributed by atoms with E-state index in [0.29, 0.717) is 0 Å². The van der Waals surface area contributed by atoms with Gasteiger partial charge in [-0.3, -0.25) is 9.69 Å². The molecule has 0 aliphatic carbocycles. The molecule has 1 heterocycles. The largest absolute Gasteiger partial charge is 0.339 e. The van der Waals surface area contributed by atoms with Crippen molar-refractivity contribution in [3.8, 4) is 0 Å². The summed E-state index contributed by atoms with van der Waals surface area (Å²) >= 11 is 0. The third kappa shape index (κ3) is 5.09. The summed E-state index contributed by atoms with van der Waals surface area (Å²) in [6.07, 6.45) is 0. The van der Waals surface area contributed by atoms with Gasteiger partial charge in [-0.15, -0.1) is 0 Å². The topological polar surface area (TPSA) is 52.8 Å². The summed E-state index contributed by atoms with van der Waals surface area (Å²) in [6, 6.07) is -0.402. The maximum absolute atomic E-state index is 12.3. The molecule has 0 bridgehead atoms. The molecule has 0 saturated carbocycles. The predicted molar refractivity (Wildman–Crippen MR) is 79.0 cm³/mol. The van der Waals surface area contributed by atoms with Gasteiger partial charge in [0, 0.05) is 39.3 Å². The molecular formula is C14H30N4O. The van der Waals surface area contributed by atoms with Crippen molar-refractivity contribution in [3.63, 3.8) is 0 Å². The van der Waals surface area contributed by atoms with Crippen LogP contribution < -0.4 is 5.73 Å². The highest BCUT2D eigenvalue weighted by Crippen LogP contribution is 2.19. The molecular weight excluding hydrogens is 240 g/mol. The zero-order valence-electron chi connectivity index (χ0n) is 13.1. The molecule has 1 fully saturated rings. The Morgan fingerprint density at radius 2 is 1.74 bits per heavy atom. The van der Waals surface area contributed by atoms with Gasteiger partial charge in [-0.25, -0.2) is 0 Å². The summed E-state index contributed by atoms with van der Waals surface area (Å²) in [5.41, 5.74) is 5.88. The van der Waals surface area contributed by atoms with Crippen molar-refractivity contribution in [1.82, 2.24) is 14.7 Å². The molecule has 112 valence electrons. The lowest BCUT2D eigenvalue weighted by Gasteiger charge is -2.38. The maximum atomic E-state index is 12.3. The molecule has 0 aromatic rings. The van der Waals surface area contributed by atoms with E-state index >= 15 is 0 Å². The summed E-state index contributed by atoms with van der Waals surface area (Å²) in [5, 5.41) is 0. The van der Waals surface area contributed by atoms with Crippen LogP contribution in [0.25, 0.3) is 0 Å². The van der Waals surface area contributed by atoms with E-state index in [0.717, 1.165) is 39.3 Å². The van der Waals surface area contributed by atoms with Gasteiger partial charge in [-0.2, -0.15) is 0 Å². The third-order valence-corrected chi connectivity index (χ3v) is 3.75. The van der Waals surface area contributed by atoms with Crippen LogP contribution in [0.2, 0.25) is 0 Å². The van der Waals surface area contributed by atoms with Gasteiger partial charge >= 0.3 is 0 Å². The highest BCUT2D eigenvalue weighted by molar-refractivity contribution is 5.82. The molecule has 1 amide bonds. The molecule has 5 nitrogen and oxygen atoms in total. The second-order valence-corrected chi connectivity index (χ2v) is 6.81. The Morgan fingerprint density at radius 1 is 1.21 bits per heavy atom. The number of piperazine rings is 1. The summed E-state index contributed by atoms with van der Waals surface area (Å²) in [6.45, 7) is 11.7. The van der Waals surface area contributed by atoms with Gasteiger partial charge in [0.15, 0.2) is 0 Å². The molecule has 0 aromatic carbocycles. The van der Waals surface area contributed by atoms with Crippen molar-refractivity contribution >= 4 is 5.91 Å². The quantitative estimate of drug-likeness (QED) is 0.785. The number of likely N-dealkylation sites (N-methyl/N-ethyl adjacent to an activating group) is 1. The average Bonchev–Trinajstić information content (AvgIpc) is 2.34. The minimum Gasteiger partial charge on any atom is -0.339 e. The smallest absolute Gasteiger partial charge is 0.240 e. The molecule has 1 aliphatic rings. The molecule has 0 unspecified atom stereocenters. The van der Waals surface area contributed by atoms with Crippen LogP contribution in [0.5, 0.6) is 0 Å². The second-order valence-electron chi connectivity index (χ2n) is 6.81. The van der Waals surface area contributed by atoms with E-state index < -0.39 is 6.04 Å². The fraction of sp³-hybridized carbons (Fsp3) is 0.929. The van der Waals surface area contributed by atoms with E-state index in [9.17, 15) is 4.79 Å². The van der Waals surface area contributed by atoms with Crippen LogP contribution in [-0.2, 0) is 4.79 Å². The number of carbonyl (C=O) groups excluding carboxylic acids is 1. The third-order valence-electron chi connectivity index (χ3n) is 3.75. The zero-order chi connectivity index (χ0) is 14.6. The Kier molecular flexibility index (Phi) is 5.77. The first-order valence-electron chi connectivity index (χ1n) is 7.13. The average molecular weight is 270 g/mol. The van der Waals surface area contributed by atoms with Crippen LogP contribution in [0.4, 0.5) is 0 Å². The number of hydrogen-bond acceptors (Lipinski definition) is 4. The Morgan fingerprint density at radius 3 is 2.16 bits per heavy atom. The first-order valence-corrected chi connectivity index (χ1v) is 7.13. The first-order chi connectivity index (χ1) is 8.71. The van der Waals surface area contributed by atoms with Crippen LogP contribution in [-0.4, -0.2) is 80.0 Å². The van der Waals surface area contributed by atoms with Crippen molar-refractivity contribution in [3.05, 3.63) is 0 Å². The lowest BCUT2D eigenvalue weighted by molar-refractivity contribution is -0.136. The lowest BCUT2D eigenvalue weighted by Crippen LogP contribution is -2.56. The Bertz CT molecular complexity index is 290. The molecule has 2 N–H and O–H groups in total. The molecule has 0 aromatic heterocycles. The van der Waals surface area contributed by atoms with Gasteiger partial charge in [-0.05, 0) is 19.5 Å². The molecule has 19 heavy (non-hydrogen) atoms. The number of nitrogens with zero attached hydrogens (tertiary/aromatic N) is 3. The molecule has 1 aliphatic heterocycles. The Balaban J connectivity index is 2.39. The highest BCUT2D eigenvalue weighted by atomic mass is 16.2. The maximum Gasteiger partial charge on any atom is 0.240 e. The molecule has 0 spiro atoms. The van der Waals surface area contributed by atoms with E-state index in [1.807, 2.05) is 25.7 Å². The number of nitrogens with two attached hydrogens (primary N) is 1. The minimum atomic E-state index is -0.402. The van der Waals surface area contributed by atoms with Crippen LogP contribution in [0.3, 0.4) is 0 Å². The van der Waals surface area contributed by atoms with Crippen LogP contribution in [0, 0.1) is 5.41 Å². The van der Waals surface area contributed by atoms with E-state index in [4.69, 9.17) is 5.73 Å². The van der Waals surface area contributed by atoms with E-state index in [1.54, 1.807) is 0 Å². The summed E-state index contributed by atoms with van der Waals surface area (Å²) < 4.78 is 0. The SMILES string of the molecule is CN(C)CCN1CCN(C(=O)[C@H](N)C(C)(C)C)CC1. The van der Waals surface area contributed by atoms with Crippen molar-refractivity contribution in [2.75, 3.05) is 53.4 Å². The standard InChI is InChI=1S/C14H30N4O/c1-14(2,3)12(15)13(19)18-10-8-17(9-11-18)7-6-16(4)5/h12H,6-11,15H2,1-5H3/t12-/m0/s1. The van der Waals surface area contributed by atoms with Gasteiger partial charge < -0.3 is 15.5 Å². The molecule has 1 saturated heterocycles. The molecule has 5 heteroatoms. The van der Waals surface area contributed by atoms with Crippen molar-refractivity contribution in [2.45, 2.75) is 26.8 Å². The van der Waals surface area contributed by atoms with Crippen LogP contribution in [0.15, 0.2) is 0 Å². The van der Waals surface area contributed by atoms with Gasteiger partial charge in [0.1, 0.15) is 0 Å². The monoisotopic (exact) mass is 270 g/mol. The molecule has 1 atom stereocenters. The zero-order valence-corrected chi connectivity index (χ0v) is 13.1. The van der Waals surface area contributed by atoms with E-state index in [-0.39, 0.29) is 11.3 Å². The number of rotatable bonds is 4. The van der Waals surface area contributed by atoms with E-state index in [1.165, 1.54) is 0 Å². The fourth-order valence-corrected chi connectivity index (χ4v) is 2.10. The number of hydrogen-bond donors (Lipinski definition) is 1.